The molecule has 0 fully saturated rings. The van der Waals surface area contributed by atoms with Crippen molar-refractivity contribution >= 4 is 40.8 Å². The second kappa shape index (κ2) is 8.25. The minimum Gasteiger partial charge on any atom is -0.465 e. The van der Waals surface area contributed by atoms with Gasteiger partial charge in [0.2, 0.25) is 0 Å². The molecule has 0 aliphatic carbocycles. The third-order valence-electron chi connectivity index (χ3n) is 2.81. The summed E-state index contributed by atoms with van der Waals surface area (Å²) in [6.07, 6.45) is -29.6. The van der Waals surface area contributed by atoms with E-state index >= 15 is 0 Å². The van der Waals surface area contributed by atoms with Gasteiger partial charge in [0.25, 0.3) is 3.79 Å². The van der Waals surface area contributed by atoms with E-state index in [1.807, 2.05) is 4.74 Å². The van der Waals surface area contributed by atoms with Gasteiger partial charge in [0, 0.05) is 0 Å². The summed E-state index contributed by atoms with van der Waals surface area (Å²) in [5.41, 5.74) is 0. The monoisotopic (exact) mass is 558 g/mol. The molecule has 0 aliphatic rings. The molecule has 0 spiro atoms. The van der Waals surface area contributed by atoms with Crippen molar-refractivity contribution in [1.82, 2.24) is 0 Å². The molecule has 0 bridgehead atoms. The van der Waals surface area contributed by atoms with Crippen LogP contribution in [-0.2, 0) is 19.0 Å². The lowest BCUT2D eigenvalue weighted by Crippen LogP contribution is -2.68. The average Bonchev–Trinajstić information content (AvgIpc) is 2.49. The summed E-state index contributed by atoms with van der Waals surface area (Å²) in [5.74, 6) is -24.5. The summed E-state index contributed by atoms with van der Waals surface area (Å²) in [6.45, 7) is 0. The predicted molar refractivity (Wildman–Crippen MR) is 69.1 cm³/mol. The third kappa shape index (κ3) is 5.27. The van der Waals surface area contributed by atoms with Crippen LogP contribution in [0.4, 0.5) is 61.5 Å². The first kappa shape index (κ1) is 30.3. The molecule has 21 heteroatoms. The molecular formula is C10H3Cl3F14O4. The highest BCUT2D eigenvalue weighted by atomic mass is 35.6. The van der Waals surface area contributed by atoms with Crippen molar-refractivity contribution < 1.29 is 80.5 Å². The number of methoxy groups -OCH3 is 1. The number of rotatable bonds is 7. The zero-order valence-corrected chi connectivity index (χ0v) is 15.8. The van der Waals surface area contributed by atoms with Crippen molar-refractivity contribution in [3.63, 3.8) is 0 Å². The topological polar surface area (TPSA) is 44.8 Å². The van der Waals surface area contributed by atoms with Gasteiger partial charge in [-0.3, -0.25) is 9.47 Å². The van der Waals surface area contributed by atoms with Crippen molar-refractivity contribution in [2.24, 2.45) is 0 Å². The molecule has 0 aliphatic heterocycles. The van der Waals surface area contributed by atoms with Crippen LogP contribution in [0.5, 0.6) is 0 Å². The Balaban J connectivity index is 6.69. The van der Waals surface area contributed by atoms with Crippen molar-refractivity contribution in [2.75, 3.05) is 7.11 Å². The first-order valence-electron chi connectivity index (χ1n) is 6.35. The van der Waals surface area contributed by atoms with E-state index in [4.69, 9.17) is 0 Å². The number of carbonyl (C=O) groups is 1. The van der Waals surface area contributed by atoms with E-state index in [9.17, 15) is 66.3 Å². The number of hydrogen-bond donors (Lipinski definition) is 0. The van der Waals surface area contributed by atoms with E-state index in [1.54, 1.807) is 4.74 Å². The molecule has 0 saturated carbocycles. The largest absolute Gasteiger partial charge is 0.465 e. The maximum atomic E-state index is 13.9. The molecular weight excluding hydrogens is 556 g/mol. The Bertz CT molecular complexity index is 675. The fourth-order valence-corrected chi connectivity index (χ4v) is 1.61. The SMILES string of the molecule is COC(=O)C(F)(OC(F)(F)C(F)(OC(F)(F)C(F)(F)C(Cl)(Cl)Cl)C(F)(F)F)C(F)(F)F. The van der Waals surface area contributed by atoms with Gasteiger partial charge in [0.15, 0.2) is 0 Å². The van der Waals surface area contributed by atoms with Crippen molar-refractivity contribution in [2.45, 2.75) is 46.0 Å². The normalized spacial score (nSPS) is 18.9. The van der Waals surface area contributed by atoms with E-state index in [0.29, 0.717) is 0 Å². The predicted octanol–water partition coefficient (Wildman–Crippen LogP) is 5.84. The van der Waals surface area contributed by atoms with Gasteiger partial charge in [-0.05, 0) is 0 Å². The number of hydrogen-bond acceptors (Lipinski definition) is 4. The molecule has 0 radical (unpaired) electrons. The second-order valence-electron chi connectivity index (χ2n) is 4.99. The van der Waals surface area contributed by atoms with E-state index in [-0.39, 0.29) is 7.11 Å². The van der Waals surface area contributed by atoms with Crippen LogP contribution in [0.3, 0.4) is 0 Å². The van der Waals surface area contributed by atoms with Crippen molar-refractivity contribution in [3.05, 3.63) is 0 Å². The smallest absolute Gasteiger partial charge is 0.460 e. The van der Waals surface area contributed by atoms with Gasteiger partial charge < -0.3 is 4.74 Å². The molecule has 31 heavy (non-hydrogen) atoms. The molecule has 0 rings (SSSR count). The van der Waals surface area contributed by atoms with Gasteiger partial charge in [-0.25, -0.2) is 4.79 Å². The Morgan fingerprint density at radius 1 is 0.645 bits per heavy atom. The Morgan fingerprint density at radius 2 is 1.03 bits per heavy atom. The van der Waals surface area contributed by atoms with E-state index in [2.05, 4.69) is 39.5 Å². The van der Waals surface area contributed by atoms with Crippen LogP contribution < -0.4 is 0 Å². The molecule has 0 aromatic heterocycles. The lowest BCUT2D eigenvalue weighted by Gasteiger charge is -2.40. The van der Waals surface area contributed by atoms with Crippen molar-refractivity contribution in [1.29, 1.82) is 0 Å². The van der Waals surface area contributed by atoms with E-state index in [0.717, 1.165) is 0 Å². The van der Waals surface area contributed by atoms with Gasteiger partial charge in [0.05, 0.1) is 7.11 Å². The van der Waals surface area contributed by atoms with E-state index in [1.165, 1.54) is 0 Å². The Kier molecular flexibility index (Phi) is 8.06. The number of esters is 1. The highest BCUT2D eigenvalue weighted by Gasteiger charge is 2.84. The highest BCUT2D eigenvalue weighted by Crippen LogP contribution is 2.57. The summed E-state index contributed by atoms with van der Waals surface area (Å²) in [4.78, 5) is 10.8. The summed E-state index contributed by atoms with van der Waals surface area (Å²) in [7, 11) is -0.150. The molecule has 0 amide bonds. The van der Waals surface area contributed by atoms with Gasteiger partial charge in [0.1, 0.15) is 0 Å². The maximum absolute atomic E-state index is 13.9. The molecule has 2 atom stereocenters. The Morgan fingerprint density at radius 3 is 1.29 bits per heavy atom. The van der Waals surface area contributed by atoms with Crippen molar-refractivity contribution in [3.8, 4) is 0 Å². The third-order valence-corrected chi connectivity index (χ3v) is 3.52. The van der Waals surface area contributed by atoms with Crippen LogP contribution in [0, 0.1) is 0 Å². The van der Waals surface area contributed by atoms with Crippen LogP contribution >= 0.6 is 34.8 Å². The second-order valence-corrected chi connectivity index (χ2v) is 7.27. The van der Waals surface area contributed by atoms with Gasteiger partial charge in [-0.2, -0.15) is 61.5 Å². The Labute approximate surface area is 175 Å². The standard InChI is InChI=1S/C10H3Cl3F14O4/c1-29-2(28)3(14,7(18,19)20)30-10(26,27)5(17,8(21,22)23)31-9(24,25)4(15,16)6(11,12)13/h1H3. The van der Waals surface area contributed by atoms with Gasteiger partial charge in [-0.15, -0.1) is 0 Å². The maximum Gasteiger partial charge on any atom is 0.460 e. The number of alkyl halides is 17. The summed E-state index contributed by atoms with van der Waals surface area (Å²) < 4.78 is 186. The zero-order valence-electron chi connectivity index (χ0n) is 13.6. The van der Waals surface area contributed by atoms with Crippen LogP contribution in [-0.4, -0.2) is 59.1 Å². The van der Waals surface area contributed by atoms with Crippen LogP contribution in [0.1, 0.15) is 0 Å². The summed E-state index contributed by atoms with van der Waals surface area (Å²) >= 11 is 13.0. The molecule has 0 aromatic rings. The number of halogens is 17. The lowest BCUT2D eigenvalue weighted by atomic mass is 10.2. The molecule has 2 unspecified atom stereocenters. The minimum absolute atomic E-state index is 0.150. The van der Waals surface area contributed by atoms with Crippen LogP contribution in [0.25, 0.3) is 0 Å². The number of carbonyl (C=O) groups excluding carboxylic acids is 1. The molecule has 0 heterocycles. The van der Waals surface area contributed by atoms with Gasteiger partial charge >= 0.3 is 48.2 Å². The molecule has 186 valence electrons. The fourth-order valence-electron chi connectivity index (χ4n) is 1.28. The average molecular weight is 559 g/mol. The molecule has 0 saturated heterocycles. The van der Waals surface area contributed by atoms with Gasteiger partial charge in [-0.1, -0.05) is 34.8 Å². The summed E-state index contributed by atoms with van der Waals surface area (Å²) in [5, 5.41) is 0. The van der Waals surface area contributed by atoms with Crippen LogP contribution in [0.2, 0.25) is 0 Å². The molecule has 4 nitrogen and oxygen atoms in total. The zero-order chi connectivity index (χ0) is 25.7. The fraction of sp³-hybridized carbons (Fsp3) is 0.900. The van der Waals surface area contributed by atoms with E-state index < -0.39 is 52.0 Å². The number of ether oxygens (including phenoxy) is 3. The molecule has 0 aromatic carbocycles. The molecule has 0 N–H and O–H groups in total. The summed E-state index contributed by atoms with van der Waals surface area (Å²) in [6, 6.07) is 0. The first-order valence-corrected chi connectivity index (χ1v) is 7.48. The first-order chi connectivity index (χ1) is 13.1. The highest BCUT2D eigenvalue weighted by molar-refractivity contribution is 6.68. The Hall–Kier alpha value is -0.720. The van der Waals surface area contributed by atoms with Crippen LogP contribution in [0.15, 0.2) is 0 Å². The quantitative estimate of drug-likeness (QED) is 0.224. The minimum atomic E-state index is -7.71. The lowest BCUT2D eigenvalue weighted by molar-refractivity contribution is -0.538.